The van der Waals surface area contributed by atoms with E-state index in [-0.39, 0.29) is 6.04 Å². The first kappa shape index (κ1) is 19.6. The van der Waals surface area contributed by atoms with Gasteiger partial charge in [0.05, 0.1) is 6.04 Å². The summed E-state index contributed by atoms with van der Waals surface area (Å²) in [7, 11) is 0. The molecule has 1 atom stereocenters. The van der Waals surface area contributed by atoms with Gasteiger partial charge in [0.15, 0.2) is 0 Å². The Balaban J connectivity index is 1.48. The van der Waals surface area contributed by atoms with Gasteiger partial charge in [0, 0.05) is 36.9 Å². The van der Waals surface area contributed by atoms with Crippen molar-refractivity contribution in [2.75, 3.05) is 23.3 Å². The molecule has 0 fully saturated rings. The molecule has 4 rings (SSSR count). The topological polar surface area (TPSA) is 74.3 Å². The molecule has 0 saturated heterocycles. The number of hydrogen-bond acceptors (Lipinski definition) is 4. The molecule has 2 N–H and O–H groups in total. The molecule has 1 aliphatic heterocycles. The Hall–Kier alpha value is -3.67. The zero-order valence-corrected chi connectivity index (χ0v) is 16.8. The summed E-state index contributed by atoms with van der Waals surface area (Å²) in [6, 6.07) is 19.4. The van der Waals surface area contributed by atoms with Crippen molar-refractivity contribution >= 4 is 23.2 Å². The third-order valence-electron chi connectivity index (χ3n) is 5.42. The number of anilines is 2. The zero-order valence-electron chi connectivity index (χ0n) is 16.8. The smallest absolute Gasteiger partial charge is 0.313 e. The number of para-hydroxylation sites is 2. The fourth-order valence-electron chi connectivity index (χ4n) is 3.83. The van der Waals surface area contributed by atoms with Crippen LogP contribution in [-0.4, -0.2) is 29.9 Å². The molecular weight excluding hydrogens is 376 g/mol. The molecule has 30 heavy (non-hydrogen) atoms. The van der Waals surface area contributed by atoms with Gasteiger partial charge in [-0.25, -0.2) is 0 Å². The van der Waals surface area contributed by atoms with Crippen LogP contribution in [0.25, 0.3) is 0 Å². The normalized spacial score (nSPS) is 13.4. The van der Waals surface area contributed by atoms with Crippen molar-refractivity contribution in [2.45, 2.75) is 19.4 Å². The number of aryl methyl sites for hydroxylation is 1. The largest absolute Gasteiger partial charge is 0.362 e. The highest BCUT2D eigenvalue weighted by molar-refractivity contribution is 6.39. The van der Waals surface area contributed by atoms with Gasteiger partial charge in [0.2, 0.25) is 0 Å². The number of nitrogens with one attached hydrogen (secondary N) is 2. The minimum absolute atomic E-state index is 0.113. The van der Waals surface area contributed by atoms with Gasteiger partial charge in [-0.3, -0.25) is 14.6 Å². The van der Waals surface area contributed by atoms with E-state index in [1.54, 1.807) is 12.3 Å². The summed E-state index contributed by atoms with van der Waals surface area (Å²) in [4.78, 5) is 31.4. The van der Waals surface area contributed by atoms with Gasteiger partial charge in [0.25, 0.3) is 0 Å². The SMILES string of the molecule is Cc1ccccc1NC(=O)C(=O)NC[C@@H](c1cccnc1)N1CCc2ccccc21. The highest BCUT2D eigenvalue weighted by Crippen LogP contribution is 2.34. The van der Waals surface area contributed by atoms with Crippen molar-refractivity contribution in [3.8, 4) is 0 Å². The van der Waals surface area contributed by atoms with Gasteiger partial charge in [0.1, 0.15) is 0 Å². The van der Waals surface area contributed by atoms with Gasteiger partial charge in [-0.2, -0.15) is 0 Å². The lowest BCUT2D eigenvalue weighted by atomic mass is 10.1. The average molecular weight is 400 g/mol. The van der Waals surface area contributed by atoms with E-state index in [9.17, 15) is 9.59 Å². The van der Waals surface area contributed by atoms with Crippen molar-refractivity contribution in [1.29, 1.82) is 0 Å². The molecule has 2 heterocycles. The minimum atomic E-state index is -0.670. The van der Waals surface area contributed by atoms with Gasteiger partial charge >= 0.3 is 11.8 Å². The van der Waals surface area contributed by atoms with Gasteiger partial charge in [-0.1, -0.05) is 42.5 Å². The zero-order chi connectivity index (χ0) is 20.9. The van der Waals surface area contributed by atoms with E-state index in [1.807, 2.05) is 55.6 Å². The lowest BCUT2D eigenvalue weighted by Crippen LogP contribution is -2.41. The number of pyridine rings is 1. The van der Waals surface area contributed by atoms with Crippen LogP contribution in [0.5, 0.6) is 0 Å². The molecule has 1 aliphatic rings. The van der Waals surface area contributed by atoms with Crippen molar-refractivity contribution in [1.82, 2.24) is 10.3 Å². The van der Waals surface area contributed by atoms with Crippen LogP contribution in [0.4, 0.5) is 11.4 Å². The number of carbonyl (C=O) groups is 2. The fourth-order valence-corrected chi connectivity index (χ4v) is 3.83. The summed E-state index contributed by atoms with van der Waals surface area (Å²) in [6.45, 7) is 3.04. The Morgan fingerprint density at radius 2 is 1.83 bits per heavy atom. The standard InChI is InChI=1S/C24H24N4O2/c1-17-7-2-4-10-20(17)27-24(30)23(29)26-16-22(19-9-6-13-25-15-19)28-14-12-18-8-3-5-11-21(18)28/h2-11,13,15,22H,12,14,16H2,1H3,(H,26,29)(H,27,30)/t22-/m0/s1. The Bertz CT molecular complexity index is 1050. The van der Waals surface area contributed by atoms with E-state index in [4.69, 9.17) is 0 Å². The van der Waals surface area contributed by atoms with Crippen molar-refractivity contribution in [3.05, 3.63) is 89.7 Å². The summed E-state index contributed by atoms with van der Waals surface area (Å²) in [5.74, 6) is -1.32. The lowest BCUT2D eigenvalue weighted by Gasteiger charge is -2.30. The third kappa shape index (κ3) is 4.17. The molecule has 152 valence electrons. The monoisotopic (exact) mass is 400 g/mol. The molecular formula is C24H24N4O2. The summed E-state index contributed by atoms with van der Waals surface area (Å²) in [5, 5.41) is 5.49. The third-order valence-corrected chi connectivity index (χ3v) is 5.42. The number of carbonyl (C=O) groups excluding carboxylic acids is 2. The van der Waals surface area contributed by atoms with Crippen molar-refractivity contribution in [3.63, 3.8) is 0 Å². The summed E-state index contributed by atoms with van der Waals surface area (Å²) in [5.41, 5.74) is 4.98. The van der Waals surface area contributed by atoms with E-state index < -0.39 is 11.8 Å². The maximum Gasteiger partial charge on any atom is 0.313 e. The first-order valence-corrected chi connectivity index (χ1v) is 10.0. The Morgan fingerprint density at radius 3 is 2.63 bits per heavy atom. The maximum atomic E-state index is 12.5. The Labute approximate surface area is 175 Å². The van der Waals surface area contributed by atoms with Crippen LogP contribution >= 0.6 is 0 Å². The minimum Gasteiger partial charge on any atom is -0.362 e. The van der Waals surface area contributed by atoms with Crippen LogP contribution in [0.2, 0.25) is 0 Å². The molecule has 0 bridgehead atoms. The number of hydrogen-bond donors (Lipinski definition) is 2. The molecule has 0 spiro atoms. The average Bonchev–Trinajstić information content (AvgIpc) is 3.20. The van der Waals surface area contributed by atoms with Crippen molar-refractivity contribution in [2.24, 2.45) is 0 Å². The van der Waals surface area contributed by atoms with Gasteiger partial charge in [-0.15, -0.1) is 0 Å². The second-order valence-corrected chi connectivity index (χ2v) is 7.35. The first-order valence-electron chi connectivity index (χ1n) is 10.0. The van der Waals surface area contributed by atoms with Crippen LogP contribution in [-0.2, 0) is 16.0 Å². The fraction of sp³-hybridized carbons (Fsp3) is 0.208. The number of amides is 2. The van der Waals surface area contributed by atoms with Crippen LogP contribution in [0.1, 0.15) is 22.7 Å². The molecule has 6 heteroatoms. The molecule has 1 aromatic heterocycles. The van der Waals surface area contributed by atoms with Gasteiger partial charge < -0.3 is 15.5 Å². The van der Waals surface area contributed by atoms with E-state index >= 15 is 0 Å². The first-order chi connectivity index (χ1) is 14.6. The van der Waals surface area contributed by atoms with Gasteiger partial charge in [-0.05, 0) is 48.2 Å². The molecule has 0 saturated carbocycles. The summed E-state index contributed by atoms with van der Waals surface area (Å²) >= 11 is 0. The highest BCUT2D eigenvalue weighted by atomic mass is 16.2. The van der Waals surface area contributed by atoms with Crippen LogP contribution < -0.4 is 15.5 Å². The second-order valence-electron chi connectivity index (χ2n) is 7.35. The molecule has 0 aliphatic carbocycles. The number of benzene rings is 2. The molecule has 6 nitrogen and oxygen atoms in total. The predicted molar refractivity (Wildman–Crippen MR) is 117 cm³/mol. The van der Waals surface area contributed by atoms with E-state index in [0.717, 1.165) is 29.8 Å². The number of rotatable bonds is 5. The number of fused-ring (bicyclic) bond motifs is 1. The summed E-state index contributed by atoms with van der Waals surface area (Å²) < 4.78 is 0. The van der Waals surface area contributed by atoms with Crippen LogP contribution in [0, 0.1) is 6.92 Å². The highest BCUT2D eigenvalue weighted by Gasteiger charge is 2.28. The van der Waals surface area contributed by atoms with E-state index in [0.29, 0.717) is 12.2 Å². The quantitative estimate of drug-likeness (QED) is 0.645. The predicted octanol–water partition coefficient (Wildman–Crippen LogP) is 3.25. The lowest BCUT2D eigenvalue weighted by molar-refractivity contribution is -0.136. The maximum absolute atomic E-state index is 12.5. The number of nitrogens with zero attached hydrogens (tertiary/aromatic N) is 2. The van der Waals surface area contributed by atoms with E-state index in [1.165, 1.54) is 5.56 Å². The second kappa shape index (κ2) is 8.78. The molecule has 2 amide bonds. The van der Waals surface area contributed by atoms with Crippen LogP contribution in [0.15, 0.2) is 73.1 Å². The van der Waals surface area contributed by atoms with E-state index in [2.05, 4.69) is 32.7 Å². The Kier molecular flexibility index (Phi) is 5.75. The molecule has 3 aromatic rings. The molecule has 0 unspecified atom stereocenters. The number of aromatic nitrogens is 1. The molecule has 0 radical (unpaired) electrons. The molecule has 2 aromatic carbocycles. The Morgan fingerprint density at radius 1 is 1.03 bits per heavy atom. The van der Waals surface area contributed by atoms with Crippen LogP contribution in [0.3, 0.4) is 0 Å². The summed E-state index contributed by atoms with van der Waals surface area (Å²) in [6.07, 6.45) is 4.49. The van der Waals surface area contributed by atoms with Crippen molar-refractivity contribution < 1.29 is 9.59 Å².